The van der Waals surface area contributed by atoms with Crippen LogP contribution in [-0.2, 0) is 16.6 Å². The molecule has 1 aromatic heterocycles. The summed E-state index contributed by atoms with van der Waals surface area (Å²) in [6.45, 7) is 0.625. The summed E-state index contributed by atoms with van der Waals surface area (Å²) < 4.78 is 12.5. The summed E-state index contributed by atoms with van der Waals surface area (Å²) in [5.74, 6) is 1.38. The third kappa shape index (κ3) is 4.35. The molecular weight excluding hydrogens is 270 g/mol. The number of hydrogen-bond donors (Lipinski definition) is 1. The minimum absolute atomic E-state index is 0.625. The van der Waals surface area contributed by atoms with E-state index in [1.165, 1.54) is 4.88 Å². The van der Waals surface area contributed by atoms with Crippen LogP contribution >= 0.6 is 27.3 Å². The molecule has 2 N–H and O–H groups in total. The third-order valence-electron chi connectivity index (χ3n) is 1.50. The Morgan fingerprint density at radius 2 is 2.38 bits per heavy atom. The fraction of sp³-hybridized carbons (Fsp3) is 0.500. The van der Waals surface area contributed by atoms with Crippen LogP contribution in [0.1, 0.15) is 11.3 Å². The first-order valence-electron chi connectivity index (χ1n) is 4.00. The lowest BCUT2D eigenvalue weighted by atomic mass is 10.5. The van der Waals surface area contributed by atoms with Crippen LogP contribution in [0.5, 0.6) is 0 Å². The van der Waals surface area contributed by atoms with Gasteiger partial charge in [0, 0.05) is 31.3 Å². The van der Waals surface area contributed by atoms with Gasteiger partial charge in [-0.25, -0.2) is 0 Å². The zero-order valence-electron chi connectivity index (χ0n) is 7.16. The molecule has 0 aliphatic heterocycles. The maximum absolute atomic E-state index is 11.4. The third-order valence-corrected chi connectivity index (χ3v) is 4.76. The van der Waals surface area contributed by atoms with Crippen LogP contribution in [0, 0.1) is 0 Å². The van der Waals surface area contributed by atoms with E-state index in [4.69, 9.17) is 5.73 Å². The number of halogens is 1. The van der Waals surface area contributed by atoms with E-state index < -0.39 is 10.8 Å². The first-order valence-corrected chi connectivity index (χ1v) is 7.16. The molecule has 0 fully saturated rings. The molecule has 1 heterocycles. The number of rotatable bonds is 5. The highest BCUT2D eigenvalue weighted by atomic mass is 79.9. The van der Waals surface area contributed by atoms with Gasteiger partial charge in [-0.05, 0) is 35.0 Å². The molecule has 1 unspecified atom stereocenters. The van der Waals surface area contributed by atoms with Gasteiger partial charge in [0.15, 0.2) is 0 Å². The van der Waals surface area contributed by atoms with Crippen molar-refractivity contribution in [1.82, 2.24) is 0 Å². The van der Waals surface area contributed by atoms with Crippen LogP contribution < -0.4 is 5.73 Å². The highest BCUT2D eigenvalue weighted by molar-refractivity contribution is 9.10. The Morgan fingerprint density at radius 3 is 2.92 bits per heavy atom. The summed E-state index contributed by atoms with van der Waals surface area (Å²) in [6.07, 6.45) is 0.846. The maximum Gasteiger partial charge on any atom is 0.0580 e. The lowest BCUT2D eigenvalue weighted by Crippen LogP contribution is -2.06. The number of nitrogens with two attached hydrogens (primary N) is 1. The summed E-state index contributed by atoms with van der Waals surface area (Å²) in [5, 5.41) is 2.01. The van der Waals surface area contributed by atoms with Crippen LogP contribution in [0.25, 0.3) is 0 Å². The Hall–Kier alpha value is 0.290. The molecule has 13 heavy (non-hydrogen) atoms. The Bertz CT molecular complexity index is 287. The van der Waals surface area contributed by atoms with E-state index in [-0.39, 0.29) is 0 Å². The van der Waals surface area contributed by atoms with Crippen molar-refractivity contribution in [3.8, 4) is 0 Å². The van der Waals surface area contributed by atoms with Crippen molar-refractivity contribution in [3.05, 3.63) is 20.8 Å². The maximum atomic E-state index is 11.4. The van der Waals surface area contributed by atoms with Gasteiger partial charge in [0.25, 0.3) is 0 Å². The molecular formula is C8H12BrNOS2. The molecule has 2 nitrogen and oxygen atoms in total. The normalized spacial score (nSPS) is 13.1. The standard InChI is InChI=1S/C8H12BrNOS2/c9-7-4-8(12-5-7)6-13(11)3-1-2-10/h4-5H,1-3,6,10H2. The average Bonchev–Trinajstić information content (AvgIpc) is 2.48. The smallest absolute Gasteiger partial charge is 0.0580 e. The van der Waals surface area contributed by atoms with Crippen molar-refractivity contribution in [1.29, 1.82) is 0 Å². The average molecular weight is 282 g/mol. The van der Waals surface area contributed by atoms with Crippen LogP contribution in [0.15, 0.2) is 15.9 Å². The van der Waals surface area contributed by atoms with E-state index in [0.29, 0.717) is 18.1 Å². The topological polar surface area (TPSA) is 43.1 Å². The molecule has 0 saturated heterocycles. The molecule has 0 bridgehead atoms. The first kappa shape index (κ1) is 11.4. The predicted molar refractivity (Wildman–Crippen MR) is 62.4 cm³/mol. The van der Waals surface area contributed by atoms with Gasteiger partial charge < -0.3 is 5.73 Å². The zero-order chi connectivity index (χ0) is 9.68. The second-order valence-electron chi connectivity index (χ2n) is 2.66. The number of hydrogen-bond acceptors (Lipinski definition) is 3. The van der Waals surface area contributed by atoms with E-state index >= 15 is 0 Å². The van der Waals surface area contributed by atoms with Crippen molar-refractivity contribution in [2.24, 2.45) is 5.73 Å². The molecule has 1 aromatic rings. The van der Waals surface area contributed by atoms with Gasteiger partial charge >= 0.3 is 0 Å². The molecule has 0 radical (unpaired) electrons. The van der Waals surface area contributed by atoms with Crippen molar-refractivity contribution >= 4 is 38.1 Å². The van der Waals surface area contributed by atoms with E-state index in [1.54, 1.807) is 11.3 Å². The van der Waals surface area contributed by atoms with Gasteiger partial charge in [-0.15, -0.1) is 11.3 Å². The van der Waals surface area contributed by atoms with Crippen LogP contribution in [-0.4, -0.2) is 16.5 Å². The van der Waals surface area contributed by atoms with Gasteiger partial charge in [0.1, 0.15) is 0 Å². The summed E-state index contributed by atoms with van der Waals surface area (Å²) >= 11 is 5.01. The lowest BCUT2D eigenvalue weighted by molar-refractivity contribution is 0.680. The van der Waals surface area contributed by atoms with Crippen molar-refractivity contribution in [2.75, 3.05) is 12.3 Å². The van der Waals surface area contributed by atoms with E-state index in [2.05, 4.69) is 15.9 Å². The fourth-order valence-electron chi connectivity index (χ4n) is 0.905. The molecule has 0 aliphatic rings. The highest BCUT2D eigenvalue weighted by Gasteiger charge is 2.03. The Balaban J connectivity index is 2.36. The highest BCUT2D eigenvalue weighted by Crippen LogP contribution is 2.20. The molecule has 0 aliphatic carbocycles. The molecule has 1 atom stereocenters. The molecule has 0 spiro atoms. The van der Waals surface area contributed by atoms with Gasteiger partial charge in [0.05, 0.1) is 5.75 Å². The Morgan fingerprint density at radius 1 is 1.62 bits per heavy atom. The second kappa shape index (κ2) is 5.90. The first-order chi connectivity index (χ1) is 6.22. The fourth-order valence-corrected chi connectivity index (χ4v) is 3.84. The molecule has 5 heteroatoms. The monoisotopic (exact) mass is 281 g/mol. The Labute approximate surface area is 93.1 Å². The van der Waals surface area contributed by atoms with Crippen molar-refractivity contribution in [3.63, 3.8) is 0 Å². The van der Waals surface area contributed by atoms with Crippen molar-refractivity contribution < 1.29 is 4.21 Å². The van der Waals surface area contributed by atoms with E-state index in [0.717, 1.165) is 10.9 Å². The molecule has 0 saturated carbocycles. The van der Waals surface area contributed by atoms with Gasteiger partial charge in [0.2, 0.25) is 0 Å². The second-order valence-corrected chi connectivity index (χ2v) is 6.15. The minimum atomic E-state index is -0.748. The Kier molecular flexibility index (Phi) is 5.16. The molecule has 0 aromatic carbocycles. The summed E-state index contributed by atoms with van der Waals surface area (Å²) in [7, 11) is -0.748. The summed E-state index contributed by atoms with van der Waals surface area (Å²) in [6, 6.07) is 2.02. The summed E-state index contributed by atoms with van der Waals surface area (Å²) in [4.78, 5) is 1.17. The SMILES string of the molecule is NCCCS(=O)Cc1cc(Br)cs1. The quantitative estimate of drug-likeness (QED) is 0.898. The minimum Gasteiger partial charge on any atom is -0.330 e. The van der Waals surface area contributed by atoms with Crippen LogP contribution in [0.2, 0.25) is 0 Å². The van der Waals surface area contributed by atoms with Crippen LogP contribution in [0.3, 0.4) is 0 Å². The number of thiophene rings is 1. The van der Waals surface area contributed by atoms with Gasteiger partial charge in [-0.3, -0.25) is 4.21 Å². The largest absolute Gasteiger partial charge is 0.330 e. The van der Waals surface area contributed by atoms with Gasteiger partial charge in [-0.1, -0.05) is 0 Å². The predicted octanol–water partition coefficient (Wildman–Crippen LogP) is 2.11. The summed E-state index contributed by atoms with van der Waals surface area (Å²) in [5.41, 5.74) is 5.33. The van der Waals surface area contributed by atoms with Gasteiger partial charge in [-0.2, -0.15) is 0 Å². The van der Waals surface area contributed by atoms with Crippen LogP contribution in [0.4, 0.5) is 0 Å². The molecule has 0 amide bonds. The van der Waals surface area contributed by atoms with E-state index in [1.807, 2.05) is 11.4 Å². The zero-order valence-corrected chi connectivity index (χ0v) is 10.4. The lowest BCUT2D eigenvalue weighted by Gasteiger charge is -1.97. The van der Waals surface area contributed by atoms with Crippen molar-refractivity contribution in [2.45, 2.75) is 12.2 Å². The molecule has 1 rings (SSSR count). The molecule has 74 valence electrons. The van der Waals surface area contributed by atoms with E-state index in [9.17, 15) is 4.21 Å².